The molecule has 6 heteroatoms. The van der Waals surface area contributed by atoms with E-state index in [0.29, 0.717) is 6.54 Å². The van der Waals surface area contributed by atoms with E-state index in [0.717, 1.165) is 11.1 Å². The van der Waals surface area contributed by atoms with Crippen LogP contribution in [0.3, 0.4) is 0 Å². The zero-order valence-electron chi connectivity index (χ0n) is 16.5. The van der Waals surface area contributed by atoms with Crippen molar-refractivity contribution in [2.24, 2.45) is 0 Å². The highest BCUT2D eigenvalue weighted by molar-refractivity contribution is 7.53. The van der Waals surface area contributed by atoms with E-state index < -0.39 is 13.7 Å². The maximum atomic E-state index is 12.4. The SMILES string of the molecule is COP(=O)(C[C@H](O)CN([C@H](C)c1ccccc1)[C@H](C)c1ccccc1)OC. The zero-order valence-corrected chi connectivity index (χ0v) is 17.4. The van der Waals surface area contributed by atoms with Gasteiger partial charge < -0.3 is 14.2 Å². The van der Waals surface area contributed by atoms with Gasteiger partial charge in [0.25, 0.3) is 0 Å². The van der Waals surface area contributed by atoms with E-state index in [2.05, 4.69) is 43.0 Å². The molecule has 0 radical (unpaired) electrons. The van der Waals surface area contributed by atoms with E-state index in [1.54, 1.807) is 0 Å². The van der Waals surface area contributed by atoms with Crippen LogP contribution in [-0.2, 0) is 13.6 Å². The molecule has 0 aliphatic carbocycles. The summed E-state index contributed by atoms with van der Waals surface area (Å²) in [6.45, 7) is 4.59. The predicted octanol–water partition coefficient (Wildman–Crippen LogP) is 4.66. The van der Waals surface area contributed by atoms with Gasteiger partial charge in [-0.1, -0.05) is 60.7 Å². The summed E-state index contributed by atoms with van der Waals surface area (Å²) in [5.74, 6) is 0. The first-order valence-corrected chi connectivity index (χ1v) is 10.9. The molecule has 0 aromatic heterocycles. The van der Waals surface area contributed by atoms with Crippen LogP contribution in [0.1, 0.15) is 37.1 Å². The first-order valence-electron chi connectivity index (χ1n) is 9.14. The molecule has 27 heavy (non-hydrogen) atoms. The lowest BCUT2D eigenvalue weighted by molar-refractivity contribution is 0.0725. The maximum absolute atomic E-state index is 12.4. The Kier molecular flexibility index (Phi) is 8.21. The van der Waals surface area contributed by atoms with Gasteiger partial charge in [-0.15, -0.1) is 0 Å². The van der Waals surface area contributed by atoms with Crippen LogP contribution in [0.2, 0.25) is 0 Å². The third-order valence-corrected chi connectivity index (χ3v) is 6.95. The molecule has 2 rings (SSSR count). The fourth-order valence-corrected chi connectivity index (χ4v) is 4.36. The van der Waals surface area contributed by atoms with Gasteiger partial charge in [0.2, 0.25) is 0 Å². The molecule has 2 aromatic rings. The summed E-state index contributed by atoms with van der Waals surface area (Å²) < 4.78 is 22.4. The fourth-order valence-electron chi connectivity index (χ4n) is 3.28. The molecule has 3 atom stereocenters. The van der Waals surface area contributed by atoms with Gasteiger partial charge in [0.15, 0.2) is 0 Å². The average molecular weight is 391 g/mol. The topological polar surface area (TPSA) is 59.0 Å². The molecular weight excluding hydrogens is 361 g/mol. The molecular formula is C21H30NO4P. The Hall–Kier alpha value is -1.49. The average Bonchev–Trinajstić information content (AvgIpc) is 2.72. The van der Waals surface area contributed by atoms with Gasteiger partial charge in [0.1, 0.15) is 0 Å². The number of aliphatic hydroxyl groups excluding tert-OH is 1. The van der Waals surface area contributed by atoms with Gasteiger partial charge in [0, 0.05) is 32.8 Å². The first kappa shape index (κ1) is 21.8. The highest BCUT2D eigenvalue weighted by atomic mass is 31.2. The summed E-state index contributed by atoms with van der Waals surface area (Å²) in [6, 6.07) is 20.5. The van der Waals surface area contributed by atoms with Crippen molar-refractivity contribution in [3.05, 3.63) is 71.8 Å². The minimum atomic E-state index is -3.27. The Balaban J connectivity index is 2.25. The standard InChI is InChI=1S/C21H30NO4P/c1-17(19-11-7-5-8-12-19)22(18(2)20-13-9-6-10-14-20)15-21(23)16-27(24,25-3)26-4/h5-14,17-18,21,23H,15-16H2,1-4H3/t17-,18-,21-/m1/s1. The molecule has 2 aromatic carbocycles. The van der Waals surface area contributed by atoms with Crippen LogP contribution in [0.5, 0.6) is 0 Å². The van der Waals surface area contributed by atoms with Crippen LogP contribution in [-0.4, -0.2) is 43.0 Å². The minimum absolute atomic E-state index is 0.0421. The normalized spacial score (nSPS) is 15.5. The number of rotatable bonds is 10. The van der Waals surface area contributed by atoms with E-state index in [1.165, 1.54) is 14.2 Å². The number of hydrogen-bond acceptors (Lipinski definition) is 5. The predicted molar refractivity (Wildman–Crippen MR) is 109 cm³/mol. The monoisotopic (exact) mass is 391 g/mol. The lowest BCUT2D eigenvalue weighted by Gasteiger charge is -2.37. The minimum Gasteiger partial charge on any atom is -0.391 e. The van der Waals surface area contributed by atoms with Crippen molar-refractivity contribution >= 4 is 7.60 Å². The lowest BCUT2D eigenvalue weighted by atomic mass is 10.0. The molecule has 0 amide bonds. The van der Waals surface area contributed by atoms with Crippen molar-refractivity contribution in [3.63, 3.8) is 0 Å². The molecule has 1 N–H and O–H groups in total. The molecule has 0 saturated carbocycles. The Labute approximate surface area is 162 Å². The Morgan fingerprint density at radius 1 is 0.889 bits per heavy atom. The van der Waals surface area contributed by atoms with Gasteiger partial charge in [-0.05, 0) is 25.0 Å². The smallest absolute Gasteiger partial charge is 0.332 e. The second-order valence-electron chi connectivity index (χ2n) is 6.68. The largest absolute Gasteiger partial charge is 0.391 e. The highest BCUT2D eigenvalue weighted by Crippen LogP contribution is 2.47. The van der Waals surface area contributed by atoms with Gasteiger partial charge in [-0.3, -0.25) is 9.46 Å². The molecule has 0 fully saturated rings. The summed E-state index contributed by atoms with van der Waals surface area (Å²) in [5, 5.41) is 10.6. The fraction of sp³-hybridized carbons (Fsp3) is 0.429. The summed E-state index contributed by atoms with van der Waals surface area (Å²) in [7, 11) is -0.592. The number of hydrogen-bond donors (Lipinski definition) is 1. The van der Waals surface area contributed by atoms with E-state index in [4.69, 9.17) is 9.05 Å². The Morgan fingerprint density at radius 2 is 1.30 bits per heavy atom. The van der Waals surface area contributed by atoms with Crippen LogP contribution in [0.15, 0.2) is 60.7 Å². The maximum Gasteiger partial charge on any atom is 0.332 e. The van der Waals surface area contributed by atoms with Crippen molar-refractivity contribution in [3.8, 4) is 0 Å². The van der Waals surface area contributed by atoms with Crippen molar-refractivity contribution in [1.82, 2.24) is 4.90 Å². The molecule has 5 nitrogen and oxygen atoms in total. The molecule has 0 aliphatic rings. The van der Waals surface area contributed by atoms with Gasteiger partial charge in [-0.25, -0.2) is 0 Å². The molecule has 148 valence electrons. The van der Waals surface area contributed by atoms with Crippen molar-refractivity contribution in [1.29, 1.82) is 0 Å². The third kappa shape index (κ3) is 6.00. The van der Waals surface area contributed by atoms with Crippen LogP contribution in [0.25, 0.3) is 0 Å². The number of benzene rings is 2. The quantitative estimate of drug-likeness (QED) is 0.597. The third-order valence-electron chi connectivity index (χ3n) is 4.97. The second kappa shape index (κ2) is 10.2. The molecule has 0 saturated heterocycles. The van der Waals surface area contributed by atoms with Crippen molar-refractivity contribution < 1.29 is 18.7 Å². The zero-order chi connectivity index (χ0) is 19.9. The van der Waals surface area contributed by atoms with Gasteiger partial charge in [0.05, 0.1) is 12.3 Å². The summed E-state index contributed by atoms with van der Waals surface area (Å²) in [4.78, 5) is 2.21. The molecule has 0 unspecified atom stereocenters. The van der Waals surface area contributed by atoms with Crippen LogP contribution < -0.4 is 0 Å². The summed E-state index contributed by atoms with van der Waals surface area (Å²) in [5.41, 5.74) is 2.32. The molecule has 0 spiro atoms. The molecule has 0 aliphatic heterocycles. The van der Waals surface area contributed by atoms with Gasteiger partial charge in [-0.2, -0.15) is 0 Å². The van der Waals surface area contributed by atoms with E-state index in [9.17, 15) is 9.67 Å². The van der Waals surface area contributed by atoms with Crippen molar-refractivity contribution in [2.45, 2.75) is 32.0 Å². The van der Waals surface area contributed by atoms with Gasteiger partial charge >= 0.3 is 7.60 Å². The van der Waals surface area contributed by atoms with E-state index >= 15 is 0 Å². The summed E-state index contributed by atoms with van der Waals surface area (Å²) in [6.07, 6.45) is -0.882. The van der Waals surface area contributed by atoms with E-state index in [-0.39, 0.29) is 18.2 Å². The summed E-state index contributed by atoms with van der Waals surface area (Å²) >= 11 is 0. The lowest BCUT2D eigenvalue weighted by Crippen LogP contribution is -2.38. The number of aliphatic hydroxyl groups is 1. The van der Waals surface area contributed by atoms with Crippen LogP contribution in [0, 0.1) is 0 Å². The Morgan fingerprint density at radius 3 is 1.67 bits per heavy atom. The number of nitrogens with zero attached hydrogens (tertiary/aromatic N) is 1. The van der Waals surface area contributed by atoms with E-state index in [1.807, 2.05) is 36.4 Å². The van der Waals surface area contributed by atoms with Crippen LogP contribution >= 0.6 is 7.60 Å². The van der Waals surface area contributed by atoms with Crippen LogP contribution in [0.4, 0.5) is 0 Å². The first-order chi connectivity index (χ1) is 12.9. The Bertz CT molecular complexity index is 672. The highest BCUT2D eigenvalue weighted by Gasteiger charge is 2.30. The van der Waals surface area contributed by atoms with Crippen molar-refractivity contribution in [2.75, 3.05) is 26.9 Å². The molecule has 0 bridgehead atoms. The second-order valence-corrected chi connectivity index (χ2v) is 9.00. The molecule has 0 heterocycles.